The van der Waals surface area contributed by atoms with Gasteiger partial charge in [-0.1, -0.05) is 5.21 Å². The third-order valence-electron chi connectivity index (χ3n) is 2.73. The minimum atomic E-state index is -0.814. The van der Waals surface area contributed by atoms with E-state index in [4.69, 9.17) is 4.74 Å². The summed E-state index contributed by atoms with van der Waals surface area (Å²) in [6.07, 6.45) is 2.66. The Morgan fingerprint density at radius 2 is 2.60 bits per heavy atom. The molecule has 0 aliphatic carbocycles. The number of aromatic nitrogens is 3. The Balaban J connectivity index is 2.17. The summed E-state index contributed by atoms with van der Waals surface area (Å²) in [5.74, 6) is -0.814. The van der Waals surface area contributed by atoms with Gasteiger partial charge in [-0.3, -0.25) is 9.48 Å². The van der Waals surface area contributed by atoms with Crippen LogP contribution in [-0.2, 0) is 23.0 Å². The fourth-order valence-electron chi connectivity index (χ4n) is 1.81. The second-order valence-corrected chi connectivity index (χ2v) is 3.95. The molecule has 1 atom stereocenters. The normalized spacial score (nSPS) is 25.7. The Morgan fingerprint density at radius 3 is 3.07 bits per heavy atom. The van der Waals surface area contributed by atoms with Crippen molar-refractivity contribution in [3.05, 3.63) is 11.9 Å². The maximum atomic E-state index is 11.2. The van der Waals surface area contributed by atoms with Crippen molar-refractivity contribution in [1.82, 2.24) is 15.0 Å². The van der Waals surface area contributed by atoms with Crippen LogP contribution in [-0.4, -0.2) is 39.3 Å². The molecular formula is C9H13N3O3. The standard InChI is InChI=1S/C9H13N3O3/c1-12-5-7(10-11-12)4-9(8(13)14)2-3-15-6-9/h5H,2-4,6H2,1H3,(H,13,14). The second kappa shape index (κ2) is 3.62. The van der Waals surface area contributed by atoms with Gasteiger partial charge in [-0.25, -0.2) is 0 Å². The number of carboxylic acid groups (broad SMARTS) is 1. The summed E-state index contributed by atoms with van der Waals surface area (Å²) in [5.41, 5.74) is -0.110. The molecule has 1 aliphatic heterocycles. The predicted molar refractivity (Wildman–Crippen MR) is 50.2 cm³/mol. The monoisotopic (exact) mass is 211 g/mol. The maximum absolute atomic E-state index is 11.2. The summed E-state index contributed by atoms with van der Waals surface area (Å²) in [6.45, 7) is 0.769. The van der Waals surface area contributed by atoms with Crippen LogP contribution in [0.5, 0.6) is 0 Å². The molecular weight excluding hydrogens is 198 g/mol. The first-order chi connectivity index (χ1) is 7.12. The zero-order valence-electron chi connectivity index (χ0n) is 8.51. The van der Waals surface area contributed by atoms with Crippen LogP contribution in [0.25, 0.3) is 0 Å². The second-order valence-electron chi connectivity index (χ2n) is 3.95. The highest BCUT2D eigenvalue weighted by Gasteiger charge is 2.43. The summed E-state index contributed by atoms with van der Waals surface area (Å²) in [6, 6.07) is 0. The molecule has 1 aromatic rings. The van der Waals surface area contributed by atoms with Gasteiger partial charge in [0, 0.05) is 26.3 Å². The van der Waals surface area contributed by atoms with Crippen LogP contribution in [0, 0.1) is 5.41 Å². The Hall–Kier alpha value is -1.43. The smallest absolute Gasteiger partial charge is 0.312 e. The van der Waals surface area contributed by atoms with Crippen LogP contribution < -0.4 is 0 Å². The van der Waals surface area contributed by atoms with E-state index < -0.39 is 11.4 Å². The average Bonchev–Trinajstić information content (AvgIpc) is 2.77. The van der Waals surface area contributed by atoms with E-state index in [0.717, 1.165) is 0 Å². The number of aliphatic carboxylic acids is 1. The minimum absolute atomic E-state index is 0.263. The van der Waals surface area contributed by atoms with Gasteiger partial charge in [0.25, 0.3) is 0 Å². The first-order valence-corrected chi connectivity index (χ1v) is 4.79. The van der Waals surface area contributed by atoms with Crippen molar-refractivity contribution in [3.8, 4) is 0 Å². The molecule has 6 heteroatoms. The van der Waals surface area contributed by atoms with Crippen LogP contribution in [0.2, 0.25) is 0 Å². The number of hydrogen-bond acceptors (Lipinski definition) is 4. The number of ether oxygens (including phenoxy) is 1. The topological polar surface area (TPSA) is 77.2 Å². The molecule has 0 bridgehead atoms. The quantitative estimate of drug-likeness (QED) is 0.752. The number of aryl methyl sites for hydroxylation is 1. The molecule has 1 N–H and O–H groups in total. The lowest BCUT2D eigenvalue weighted by atomic mass is 9.83. The van der Waals surface area contributed by atoms with Crippen molar-refractivity contribution in [1.29, 1.82) is 0 Å². The number of nitrogens with zero attached hydrogens (tertiary/aromatic N) is 3. The zero-order valence-corrected chi connectivity index (χ0v) is 8.51. The van der Waals surface area contributed by atoms with E-state index in [1.165, 1.54) is 0 Å². The molecule has 1 unspecified atom stereocenters. The van der Waals surface area contributed by atoms with Gasteiger partial charge in [-0.05, 0) is 6.42 Å². The molecule has 1 fully saturated rings. The molecule has 82 valence electrons. The van der Waals surface area contributed by atoms with E-state index in [-0.39, 0.29) is 6.61 Å². The maximum Gasteiger partial charge on any atom is 0.312 e. The number of carboxylic acids is 1. The van der Waals surface area contributed by atoms with Crippen LogP contribution in [0.15, 0.2) is 6.20 Å². The Bertz CT molecular complexity index is 368. The molecule has 1 aromatic heterocycles. The summed E-state index contributed by atoms with van der Waals surface area (Å²) in [5, 5.41) is 16.9. The molecule has 1 saturated heterocycles. The van der Waals surface area contributed by atoms with Gasteiger partial charge in [-0.2, -0.15) is 0 Å². The van der Waals surface area contributed by atoms with Gasteiger partial charge in [-0.15, -0.1) is 5.10 Å². The summed E-state index contributed by atoms with van der Waals surface area (Å²) >= 11 is 0. The van der Waals surface area contributed by atoms with Gasteiger partial charge >= 0.3 is 5.97 Å². The van der Waals surface area contributed by atoms with Crippen molar-refractivity contribution in [2.45, 2.75) is 12.8 Å². The van der Waals surface area contributed by atoms with Crippen molar-refractivity contribution in [2.24, 2.45) is 12.5 Å². The van der Waals surface area contributed by atoms with Gasteiger partial charge in [0.05, 0.1) is 17.7 Å². The predicted octanol–water partition coefficient (Wildman–Crippen LogP) is -0.151. The Morgan fingerprint density at radius 1 is 1.80 bits per heavy atom. The molecule has 1 aliphatic rings. The molecule has 0 radical (unpaired) electrons. The van der Waals surface area contributed by atoms with E-state index in [9.17, 15) is 9.90 Å². The molecule has 2 rings (SSSR count). The molecule has 15 heavy (non-hydrogen) atoms. The fourth-order valence-corrected chi connectivity index (χ4v) is 1.81. The third-order valence-corrected chi connectivity index (χ3v) is 2.73. The van der Waals surface area contributed by atoms with E-state index in [0.29, 0.717) is 25.1 Å². The molecule has 6 nitrogen and oxygen atoms in total. The van der Waals surface area contributed by atoms with Gasteiger partial charge < -0.3 is 9.84 Å². The number of carbonyl (C=O) groups is 1. The van der Waals surface area contributed by atoms with Crippen molar-refractivity contribution >= 4 is 5.97 Å². The highest BCUT2D eigenvalue weighted by Crippen LogP contribution is 2.32. The van der Waals surface area contributed by atoms with E-state index in [2.05, 4.69) is 10.3 Å². The first kappa shape index (κ1) is 10.1. The minimum Gasteiger partial charge on any atom is -0.481 e. The molecule has 0 spiro atoms. The third kappa shape index (κ3) is 1.85. The van der Waals surface area contributed by atoms with E-state index in [1.54, 1.807) is 17.9 Å². The SMILES string of the molecule is Cn1cc(CC2(C(=O)O)CCOC2)nn1. The van der Waals surface area contributed by atoms with Crippen molar-refractivity contribution in [3.63, 3.8) is 0 Å². The lowest BCUT2D eigenvalue weighted by Gasteiger charge is -2.20. The van der Waals surface area contributed by atoms with Crippen LogP contribution in [0.4, 0.5) is 0 Å². The summed E-state index contributed by atoms with van der Waals surface area (Å²) in [4.78, 5) is 11.2. The highest BCUT2D eigenvalue weighted by molar-refractivity contribution is 5.75. The summed E-state index contributed by atoms with van der Waals surface area (Å²) < 4.78 is 6.74. The first-order valence-electron chi connectivity index (χ1n) is 4.79. The Labute approximate surface area is 86.8 Å². The summed E-state index contributed by atoms with van der Waals surface area (Å²) in [7, 11) is 1.76. The van der Waals surface area contributed by atoms with Gasteiger partial charge in [0.1, 0.15) is 0 Å². The number of hydrogen-bond donors (Lipinski definition) is 1. The van der Waals surface area contributed by atoms with Gasteiger partial charge in [0.15, 0.2) is 0 Å². The van der Waals surface area contributed by atoms with Crippen LogP contribution in [0.1, 0.15) is 12.1 Å². The lowest BCUT2D eigenvalue weighted by Crippen LogP contribution is -2.33. The fraction of sp³-hybridized carbons (Fsp3) is 0.667. The van der Waals surface area contributed by atoms with E-state index >= 15 is 0 Å². The highest BCUT2D eigenvalue weighted by atomic mass is 16.5. The van der Waals surface area contributed by atoms with Crippen molar-refractivity contribution < 1.29 is 14.6 Å². The molecule has 0 amide bonds. The van der Waals surface area contributed by atoms with Crippen LogP contribution >= 0.6 is 0 Å². The average molecular weight is 211 g/mol. The number of rotatable bonds is 3. The van der Waals surface area contributed by atoms with Crippen molar-refractivity contribution in [2.75, 3.05) is 13.2 Å². The Kier molecular flexibility index (Phi) is 2.44. The molecule has 0 saturated carbocycles. The van der Waals surface area contributed by atoms with Gasteiger partial charge in [0.2, 0.25) is 0 Å². The molecule has 2 heterocycles. The largest absolute Gasteiger partial charge is 0.481 e. The van der Waals surface area contributed by atoms with E-state index in [1.807, 2.05) is 0 Å². The van der Waals surface area contributed by atoms with Crippen LogP contribution in [0.3, 0.4) is 0 Å². The molecule has 0 aromatic carbocycles. The zero-order chi connectivity index (χ0) is 10.9. The lowest BCUT2D eigenvalue weighted by molar-refractivity contribution is -0.148.